The van der Waals surface area contributed by atoms with Gasteiger partial charge in [0.1, 0.15) is 0 Å². The zero-order chi connectivity index (χ0) is 7.98. The molecule has 0 aliphatic rings. The molecule has 3 heteroatoms. The number of thioether (sulfide) groups is 1. The van der Waals surface area contributed by atoms with Crippen LogP contribution < -0.4 is 11.1 Å². The van der Waals surface area contributed by atoms with Gasteiger partial charge in [-0.1, -0.05) is 31.8 Å². The van der Waals surface area contributed by atoms with E-state index >= 15 is 0 Å². The lowest BCUT2D eigenvalue weighted by molar-refractivity contribution is 0.795. The summed E-state index contributed by atoms with van der Waals surface area (Å²) in [7, 11) is 0. The lowest BCUT2D eigenvalue weighted by Gasteiger charge is -2.03. The van der Waals surface area contributed by atoms with Crippen LogP contribution in [0.1, 0.15) is 6.92 Å². The number of rotatable bonds is 5. The first-order valence-electron chi connectivity index (χ1n) is 3.17. The second kappa shape index (κ2) is 5.38. The Hall–Kier alpha value is -0.410. The molecule has 2 nitrogen and oxygen atoms in total. The van der Waals surface area contributed by atoms with Crippen molar-refractivity contribution >= 4 is 11.8 Å². The number of nitrogens with two attached hydrogens (primary N) is 1. The molecule has 0 heterocycles. The third-order valence-corrected chi connectivity index (χ3v) is 1.54. The fourth-order valence-corrected chi connectivity index (χ4v) is 1.03. The molecule has 0 spiro atoms. The Kier molecular flexibility index (Phi) is 5.16. The second-order valence-corrected chi connectivity index (χ2v) is 3.19. The number of hydrogen-bond donors (Lipinski definition) is 2. The molecule has 0 aromatic heterocycles. The van der Waals surface area contributed by atoms with Gasteiger partial charge < -0.3 is 11.1 Å². The molecule has 3 N–H and O–H groups in total. The van der Waals surface area contributed by atoms with E-state index in [1.165, 1.54) is 11.8 Å². The van der Waals surface area contributed by atoms with Crippen molar-refractivity contribution in [1.29, 1.82) is 0 Å². The molecule has 0 radical (unpaired) electrons. The topological polar surface area (TPSA) is 38.0 Å². The van der Waals surface area contributed by atoms with E-state index in [0.29, 0.717) is 5.03 Å². The van der Waals surface area contributed by atoms with E-state index < -0.39 is 0 Å². The molecule has 0 saturated carbocycles. The third kappa shape index (κ3) is 5.72. The molecule has 0 aliphatic heterocycles. The van der Waals surface area contributed by atoms with Gasteiger partial charge in [-0.05, 0) is 11.4 Å². The van der Waals surface area contributed by atoms with Crippen LogP contribution in [0.25, 0.3) is 0 Å². The zero-order valence-corrected chi connectivity index (χ0v) is 7.13. The molecule has 0 aromatic carbocycles. The van der Waals surface area contributed by atoms with Gasteiger partial charge in [0.2, 0.25) is 0 Å². The van der Waals surface area contributed by atoms with E-state index in [1.54, 1.807) is 0 Å². The summed E-state index contributed by atoms with van der Waals surface area (Å²) in [5, 5.41) is 3.74. The molecule has 58 valence electrons. The molecule has 0 saturated heterocycles. The Balaban J connectivity index is 3.35. The van der Waals surface area contributed by atoms with Crippen molar-refractivity contribution in [2.24, 2.45) is 5.73 Å². The highest BCUT2D eigenvalue weighted by Crippen LogP contribution is 2.16. The minimum Gasteiger partial charge on any atom is -0.394 e. The summed E-state index contributed by atoms with van der Waals surface area (Å²) in [6.07, 6.45) is 0. The van der Waals surface area contributed by atoms with Gasteiger partial charge in [-0.2, -0.15) is 0 Å². The van der Waals surface area contributed by atoms with Gasteiger partial charge in [-0.25, -0.2) is 0 Å². The van der Waals surface area contributed by atoms with Gasteiger partial charge in [-0.3, -0.25) is 0 Å². The molecule has 0 atom stereocenters. The predicted molar refractivity (Wildman–Crippen MR) is 48.6 cm³/mol. The SMILES string of the molecule is C=C(N)SC(=C)CNCC. The van der Waals surface area contributed by atoms with Gasteiger partial charge in [0.25, 0.3) is 0 Å². The van der Waals surface area contributed by atoms with Crippen LogP contribution in [0, 0.1) is 0 Å². The van der Waals surface area contributed by atoms with Gasteiger partial charge in [0.15, 0.2) is 0 Å². The molecule has 10 heavy (non-hydrogen) atoms. The summed E-state index contributed by atoms with van der Waals surface area (Å²) in [5.74, 6) is 0. The number of nitrogens with one attached hydrogen (secondary N) is 1. The predicted octanol–water partition coefficient (Wildman–Crippen LogP) is 1.27. The van der Waals surface area contributed by atoms with Gasteiger partial charge in [-0.15, -0.1) is 0 Å². The second-order valence-electron chi connectivity index (χ2n) is 1.89. The Morgan fingerprint density at radius 3 is 2.60 bits per heavy atom. The first kappa shape index (κ1) is 9.59. The molecule has 0 aliphatic carbocycles. The van der Waals surface area contributed by atoms with E-state index in [2.05, 4.69) is 25.4 Å². The third-order valence-electron chi connectivity index (χ3n) is 0.848. The first-order chi connectivity index (χ1) is 4.66. The molecule has 0 amide bonds. The molecule has 0 fully saturated rings. The van der Waals surface area contributed by atoms with E-state index in [0.717, 1.165) is 18.0 Å². The Bertz CT molecular complexity index is 132. The largest absolute Gasteiger partial charge is 0.394 e. The van der Waals surface area contributed by atoms with Crippen LogP contribution in [-0.4, -0.2) is 13.1 Å². The van der Waals surface area contributed by atoms with Crippen LogP contribution in [0.15, 0.2) is 23.1 Å². The number of hydrogen-bond acceptors (Lipinski definition) is 3. The van der Waals surface area contributed by atoms with E-state index in [1.807, 2.05) is 0 Å². The van der Waals surface area contributed by atoms with E-state index in [9.17, 15) is 0 Å². The summed E-state index contributed by atoms with van der Waals surface area (Å²) >= 11 is 1.42. The summed E-state index contributed by atoms with van der Waals surface area (Å²) in [6, 6.07) is 0. The maximum Gasteiger partial charge on any atom is 0.0627 e. The van der Waals surface area contributed by atoms with Crippen LogP contribution in [0.3, 0.4) is 0 Å². The van der Waals surface area contributed by atoms with Crippen LogP contribution in [0.2, 0.25) is 0 Å². The number of likely N-dealkylation sites (N-methyl/N-ethyl adjacent to an activating group) is 1. The average Bonchev–Trinajstić information content (AvgIpc) is 1.82. The lowest BCUT2D eigenvalue weighted by atomic mass is 10.6. The smallest absolute Gasteiger partial charge is 0.0627 e. The minimum atomic E-state index is 0.600. The highest BCUT2D eigenvalue weighted by atomic mass is 32.2. The fraction of sp³-hybridized carbons (Fsp3) is 0.429. The van der Waals surface area contributed by atoms with Crippen molar-refractivity contribution < 1.29 is 0 Å². The lowest BCUT2D eigenvalue weighted by Crippen LogP contribution is -2.14. The van der Waals surface area contributed by atoms with Crippen LogP contribution >= 0.6 is 11.8 Å². The van der Waals surface area contributed by atoms with Crippen molar-refractivity contribution in [3.05, 3.63) is 23.1 Å². The zero-order valence-electron chi connectivity index (χ0n) is 6.31. The monoisotopic (exact) mass is 158 g/mol. The van der Waals surface area contributed by atoms with Gasteiger partial charge in [0, 0.05) is 6.54 Å². The van der Waals surface area contributed by atoms with Crippen LogP contribution in [0.4, 0.5) is 0 Å². The van der Waals surface area contributed by atoms with Crippen LogP contribution in [0.5, 0.6) is 0 Å². The highest BCUT2D eigenvalue weighted by Gasteiger charge is 1.93. The fourth-order valence-electron chi connectivity index (χ4n) is 0.486. The van der Waals surface area contributed by atoms with Crippen molar-refractivity contribution in [2.75, 3.05) is 13.1 Å². The quantitative estimate of drug-likeness (QED) is 0.633. The van der Waals surface area contributed by atoms with Crippen molar-refractivity contribution in [1.82, 2.24) is 5.32 Å². The maximum atomic E-state index is 5.34. The van der Waals surface area contributed by atoms with Gasteiger partial charge in [0.05, 0.1) is 5.03 Å². The summed E-state index contributed by atoms with van der Waals surface area (Å²) in [4.78, 5) is 1.01. The van der Waals surface area contributed by atoms with Crippen LogP contribution in [-0.2, 0) is 0 Å². The summed E-state index contributed by atoms with van der Waals surface area (Å²) in [5.41, 5.74) is 5.34. The molecule has 0 aromatic rings. The average molecular weight is 158 g/mol. The van der Waals surface area contributed by atoms with Gasteiger partial charge >= 0.3 is 0 Å². The molecule has 0 unspecified atom stereocenters. The Morgan fingerprint density at radius 2 is 2.20 bits per heavy atom. The normalized spacial score (nSPS) is 9.30. The Morgan fingerprint density at radius 1 is 1.60 bits per heavy atom. The molecular weight excluding hydrogens is 144 g/mol. The Labute approximate surface area is 66.6 Å². The highest BCUT2D eigenvalue weighted by molar-refractivity contribution is 8.06. The standard InChI is InChI=1S/C7H14N2S/c1-4-9-5-6(2)10-7(3)8/h9H,2-5,8H2,1H3. The van der Waals surface area contributed by atoms with Crippen molar-refractivity contribution in [3.63, 3.8) is 0 Å². The van der Waals surface area contributed by atoms with E-state index in [4.69, 9.17) is 5.73 Å². The summed E-state index contributed by atoms with van der Waals surface area (Å²) < 4.78 is 0. The van der Waals surface area contributed by atoms with Crippen molar-refractivity contribution in [3.8, 4) is 0 Å². The summed E-state index contributed by atoms with van der Waals surface area (Å²) in [6.45, 7) is 11.2. The van der Waals surface area contributed by atoms with Crippen molar-refractivity contribution in [2.45, 2.75) is 6.92 Å². The molecule has 0 rings (SSSR count). The molecule has 0 bridgehead atoms. The minimum absolute atomic E-state index is 0.600. The molecular formula is C7H14N2S. The van der Waals surface area contributed by atoms with E-state index in [-0.39, 0.29) is 0 Å². The maximum absolute atomic E-state index is 5.34. The first-order valence-corrected chi connectivity index (χ1v) is 3.99.